The van der Waals surface area contributed by atoms with E-state index in [-0.39, 0.29) is 24.1 Å². The molecule has 1 fully saturated rings. The van der Waals surface area contributed by atoms with Crippen molar-refractivity contribution < 1.29 is 23.4 Å². The number of benzene rings is 2. The van der Waals surface area contributed by atoms with Crippen molar-refractivity contribution in [2.45, 2.75) is 25.1 Å². The Kier molecular flexibility index (Phi) is 5.52. The number of cyclic esters (lactones) is 1. The van der Waals surface area contributed by atoms with E-state index < -0.39 is 34.9 Å². The Hall–Kier alpha value is -4.19. The Morgan fingerprint density at radius 3 is 2.69 bits per heavy atom. The molecule has 0 unspecified atom stereocenters. The van der Waals surface area contributed by atoms with Gasteiger partial charge in [-0.1, -0.05) is 6.07 Å². The highest BCUT2D eigenvalue weighted by Gasteiger charge is 2.41. The molecule has 1 amide bonds. The van der Waals surface area contributed by atoms with Gasteiger partial charge in [0.05, 0.1) is 36.4 Å². The molecule has 0 saturated carbocycles. The van der Waals surface area contributed by atoms with Crippen LogP contribution in [0.15, 0.2) is 60.2 Å². The predicted molar refractivity (Wildman–Crippen MR) is 120 cm³/mol. The number of nitrogens with zero attached hydrogens (tertiary/aromatic N) is 6. The van der Waals surface area contributed by atoms with Gasteiger partial charge in [-0.25, -0.2) is 28.2 Å². The number of hydrogen-bond donors (Lipinski definition) is 1. The molecule has 12 heteroatoms. The topological polar surface area (TPSA) is 115 Å². The maximum absolute atomic E-state index is 14.8. The number of aliphatic hydroxyl groups is 1. The van der Waals surface area contributed by atoms with Crippen LogP contribution in [0.4, 0.5) is 19.3 Å². The summed E-state index contributed by atoms with van der Waals surface area (Å²) >= 11 is 0. The van der Waals surface area contributed by atoms with Crippen LogP contribution in [0, 0.1) is 11.6 Å². The summed E-state index contributed by atoms with van der Waals surface area (Å²) in [5, 5.41) is 16.0. The summed E-state index contributed by atoms with van der Waals surface area (Å²) in [4.78, 5) is 34.9. The summed E-state index contributed by atoms with van der Waals surface area (Å²) in [7, 11) is 0. The number of carbonyl (C=O) groups excluding carboxylic acids is 1. The maximum atomic E-state index is 14.8. The van der Waals surface area contributed by atoms with Gasteiger partial charge in [-0.3, -0.25) is 14.3 Å². The summed E-state index contributed by atoms with van der Waals surface area (Å²) in [6.07, 6.45) is 3.36. The van der Waals surface area contributed by atoms with Crippen molar-refractivity contribution in [1.29, 1.82) is 0 Å². The Morgan fingerprint density at radius 2 is 2.00 bits per heavy atom. The Balaban J connectivity index is 1.59. The van der Waals surface area contributed by atoms with Crippen LogP contribution in [0.25, 0.3) is 10.9 Å². The third-order valence-corrected chi connectivity index (χ3v) is 6.22. The zero-order valence-corrected chi connectivity index (χ0v) is 18.5. The first kappa shape index (κ1) is 22.6. The highest BCUT2D eigenvalue weighted by atomic mass is 19.1. The standard InChI is InChI=1S/C23H20F2N6O4/c1-14(23(34,10-29-12-26-11-28-29)18-5-2-15(24)8-19(18)25)31-13-27-20-9-16(3-4-17(20)21(31)32)30-6-7-35-22(30)33/h2-5,8-9,11-14,34H,6-7,10H2,1H3/t14-,23-/m1/s1. The highest BCUT2D eigenvalue weighted by Crippen LogP contribution is 2.36. The molecule has 1 aliphatic rings. The average molecular weight is 482 g/mol. The van der Waals surface area contributed by atoms with Crippen molar-refractivity contribution in [2.24, 2.45) is 0 Å². The van der Waals surface area contributed by atoms with Gasteiger partial charge in [-0.2, -0.15) is 5.10 Å². The van der Waals surface area contributed by atoms with Crippen LogP contribution in [0.3, 0.4) is 0 Å². The van der Waals surface area contributed by atoms with Crippen molar-refractivity contribution in [3.8, 4) is 0 Å². The fourth-order valence-corrected chi connectivity index (χ4v) is 4.27. The molecular weight excluding hydrogens is 462 g/mol. The van der Waals surface area contributed by atoms with Gasteiger partial charge in [0, 0.05) is 17.3 Å². The molecule has 3 heterocycles. The summed E-state index contributed by atoms with van der Waals surface area (Å²) in [5.41, 5.74) is -1.85. The molecular formula is C23H20F2N6O4. The van der Waals surface area contributed by atoms with Gasteiger partial charge in [-0.05, 0) is 31.2 Å². The number of hydrogen-bond acceptors (Lipinski definition) is 7. The van der Waals surface area contributed by atoms with Crippen molar-refractivity contribution in [3.63, 3.8) is 0 Å². The Bertz CT molecular complexity index is 1470. The number of anilines is 1. The van der Waals surface area contributed by atoms with E-state index in [0.29, 0.717) is 23.8 Å². The van der Waals surface area contributed by atoms with Crippen molar-refractivity contribution in [2.75, 3.05) is 18.1 Å². The zero-order chi connectivity index (χ0) is 24.7. The van der Waals surface area contributed by atoms with E-state index in [0.717, 1.165) is 12.1 Å². The smallest absolute Gasteiger partial charge is 0.414 e. The Labute approximate surface area is 197 Å². The van der Waals surface area contributed by atoms with E-state index in [9.17, 15) is 23.5 Å². The van der Waals surface area contributed by atoms with E-state index in [4.69, 9.17) is 4.74 Å². The Morgan fingerprint density at radius 1 is 1.17 bits per heavy atom. The molecule has 1 aliphatic heterocycles. The molecule has 2 aromatic heterocycles. The SMILES string of the molecule is C[C@@H](n1cnc2cc(N3CCOC3=O)ccc2c1=O)[C@](O)(Cn1cncn1)c1ccc(F)cc1F. The average Bonchev–Trinajstić information content (AvgIpc) is 3.50. The molecule has 0 radical (unpaired) electrons. The van der Waals surface area contributed by atoms with Gasteiger partial charge in [-0.15, -0.1) is 0 Å². The van der Waals surface area contributed by atoms with Gasteiger partial charge >= 0.3 is 6.09 Å². The first-order valence-corrected chi connectivity index (χ1v) is 10.7. The van der Waals surface area contributed by atoms with Crippen molar-refractivity contribution in [3.05, 3.63) is 82.9 Å². The van der Waals surface area contributed by atoms with Crippen LogP contribution in [-0.4, -0.2) is 48.7 Å². The van der Waals surface area contributed by atoms with Gasteiger partial charge in [0.15, 0.2) is 0 Å². The number of rotatable bonds is 6. The molecule has 5 rings (SSSR count). The van der Waals surface area contributed by atoms with Crippen LogP contribution in [0.1, 0.15) is 18.5 Å². The van der Waals surface area contributed by atoms with Gasteiger partial charge < -0.3 is 9.84 Å². The first-order valence-electron chi connectivity index (χ1n) is 10.7. The monoisotopic (exact) mass is 482 g/mol. The van der Waals surface area contributed by atoms with Crippen molar-refractivity contribution >= 4 is 22.7 Å². The number of aromatic nitrogens is 5. The number of fused-ring (bicyclic) bond motifs is 1. The van der Waals surface area contributed by atoms with Gasteiger partial charge in [0.25, 0.3) is 5.56 Å². The normalized spacial score (nSPS) is 16.3. The first-order chi connectivity index (χ1) is 16.8. The van der Waals surface area contributed by atoms with Gasteiger partial charge in [0.1, 0.15) is 36.5 Å². The summed E-state index contributed by atoms with van der Waals surface area (Å²) in [6.45, 7) is 1.92. The summed E-state index contributed by atoms with van der Waals surface area (Å²) in [6, 6.07) is 6.52. The third kappa shape index (κ3) is 3.91. The van der Waals surface area contributed by atoms with Crippen molar-refractivity contribution in [1.82, 2.24) is 24.3 Å². The van der Waals surface area contributed by atoms with Crippen LogP contribution < -0.4 is 10.5 Å². The van der Waals surface area contributed by atoms with Crippen LogP contribution in [0.5, 0.6) is 0 Å². The maximum Gasteiger partial charge on any atom is 0.414 e. The number of amides is 1. The molecule has 35 heavy (non-hydrogen) atoms. The van der Waals surface area contributed by atoms with Crippen LogP contribution in [-0.2, 0) is 16.9 Å². The van der Waals surface area contributed by atoms with E-state index in [1.54, 1.807) is 12.1 Å². The number of halogens is 2. The second-order valence-electron chi connectivity index (χ2n) is 8.24. The second kappa shape index (κ2) is 8.55. The minimum absolute atomic E-state index is 0.211. The summed E-state index contributed by atoms with van der Waals surface area (Å²) < 4.78 is 35.9. The van der Waals surface area contributed by atoms with Crippen LogP contribution >= 0.6 is 0 Å². The lowest BCUT2D eigenvalue weighted by Gasteiger charge is -2.35. The lowest BCUT2D eigenvalue weighted by atomic mass is 9.86. The minimum Gasteiger partial charge on any atom is -0.447 e. The lowest BCUT2D eigenvalue weighted by Crippen LogP contribution is -2.43. The van der Waals surface area contributed by atoms with E-state index in [1.807, 2.05) is 0 Å². The molecule has 180 valence electrons. The fourth-order valence-electron chi connectivity index (χ4n) is 4.27. The quantitative estimate of drug-likeness (QED) is 0.449. The fraction of sp³-hybridized carbons (Fsp3) is 0.261. The molecule has 0 bridgehead atoms. The molecule has 1 N–H and O–H groups in total. The minimum atomic E-state index is -2.02. The van der Waals surface area contributed by atoms with E-state index >= 15 is 0 Å². The second-order valence-corrected chi connectivity index (χ2v) is 8.24. The molecule has 10 nitrogen and oxygen atoms in total. The molecule has 2 aromatic carbocycles. The summed E-state index contributed by atoms with van der Waals surface area (Å²) in [5.74, 6) is -1.77. The molecule has 0 spiro atoms. The van der Waals surface area contributed by atoms with Crippen LogP contribution in [0.2, 0.25) is 0 Å². The highest BCUT2D eigenvalue weighted by molar-refractivity contribution is 5.92. The molecule has 2 atom stereocenters. The molecule has 4 aromatic rings. The number of carbonyl (C=O) groups is 1. The van der Waals surface area contributed by atoms with E-state index in [1.165, 1.54) is 46.1 Å². The largest absolute Gasteiger partial charge is 0.447 e. The number of ether oxygens (including phenoxy) is 1. The molecule has 1 saturated heterocycles. The third-order valence-electron chi connectivity index (χ3n) is 6.22. The van der Waals surface area contributed by atoms with E-state index in [2.05, 4.69) is 15.1 Å². The zero-order valence-electron chi connectivity index (χ0n) is 18.5. The lowest BCUT2D eigenvalue weighted by molar-refractivity contribution is -0.0343. The van der Waals surface area contributed by atoms with Gasteiger partial charge in [0.2, 0.25) is 0 Å². The molecule has 0 aliphatic carbocycles. The predicted octanol–water partition coefficient (Wildman–Crippen LogP) is 2.37.